The van der Waals surface area contributed by atoms with Gasteiger partial charge in [-0.3, -0.25) is 4.79 Å². The number of rotatable bonds is 2. The molecule has 20 heavy (non-hydrogen) atoms. The maximum absolute atomic E-state index is 13.5. The number of hydrogen-bond donors (Lipinski definition) is 1. The second kappa shape index (κ2) is 5.17. The Balaban J connectivity index is 2.14. The van der Waals surface area contributed by atoms with E-state index >= 15 is 0 Å². The number of benzene rings is 2. The van der Waals surface area contributed by atoms with Crippen molar-refractivity contribution in [3.8, 4) is 0 Å². The first-order valence-electron chi connectivity index (χ1n) is 6.06. The molecule has 0 unspecified atom stereocenters. The van der Waals surface area contributed by atoms with Gasteiger partial charge in [-0.15, -0.1) is 0 Å². The van der Waals surface area contributed by atoms with E-state index in [0.29, 0.717) is 22.0 Å². The predicted molar refractivity (Wildman–Crippen MR) is 79.3 cm³/mol. The summed E-state index contributed by atoms with van der Waals surface area (Å²) in [5.41, 5.74) is 1.28. The lowest BCUT2D eigenvalue weighted by atomic mass is 10.0. The molecule has 0 saturated carbocycles. The van der Waals surface area contributed by atoms with Gasteiger partial charge in [-0.25, -0.2) is 9.49 Å². The van der Waals surface area contributed by atoms with E-state index in [1.807, 2.05) is 18.2 Å². The number of aromatic amines is 1. The van der Waals surface area contributed by atoms with Crippen LogP contribution in [0.2, 0.25) is 0 Å². The molecule has 0 aliphatic carbocycles. The second-order valence-corrected chi connectivity index (χ2v) is 5.23. The third-order valence-corrected chi connectivity index (χ3v) is 4.05. The van der Waals surface area contributed by atoms with Crippen LogP contribution in [0.3, 0.4) is 0 Å². The molecule has 3 rings (SSSR count). The molecular formula is C15H10BrFN2O. The van der Waals surface area contributed by atoms with Crippen molar-refractivity contribution in [3.63, 3.8) is 0 Å². The lowest BCUT2D eigenvalue weighted by Crippen LogP contribution is -2.11. The maximum Gasteiger partial charge on any atom is 0.272 e. The SMILES string of the molecule is O=c1[nH]nc(Cc2cccc(F)c2Br)c2ccccc12. The van der Waals surface area contributed by atoms with Crippen LogP contribution in [0.25, 0.3) is 10.8 Å². The van der Waals surface area contributed by atoms with Crippen LogP contribution in [0.15, 0.2) is 51.7 Å². The zero-order valence-electron chi connectivity index (χ0n) is 10.4. The van der Waals surface area contributed by atoms with Crippen LogP contribution in [0.5, 0.6) is 0 Å². The van der Waals surface area contributed by atoms with Crippen molar-refractivity contribution in [2.24, 2.45) is 0 Å². The number of nitrogens with one attached hydrogen (secondary N) is 1. The molecule has 100 valence electrons. The van der Waals surface area contributed by atoms with E-state index in [4.69, 9.17) is 0 Å². The number of nitrogens with zero attached hydrogens (tertiary/aromatic N) is 1. The van der Waals surface area contributed by atoms with E-state index in [2.05, 4.69) is 26.1 Å². The number of H-pyrrole nitrogens is 1. The van der Waals surface area contributed by atoms with Crippen LogP contribution < -0.4 is 5.56 Å². The van der Waals surface area contributed by atoms with Crippen molar-refractivity contribution in [1.82, 2.24) is 10.2 Å². The van der Waals surface area contributed by atoms with Crippen molar-refractivity contribution >= 4 is 26.7 Å². The van der Waals surface area contributed by atoms with Gasteiger partial charge in [0.15, 0.2) is 0 Å². The molecular weight excluding hydrogens is 323 g/mol. The first-order chi connectivity index (χ1) is 9.66. The van der Waals surface area contributed by atoms with Crippen molar-refractivity contribution in [3.05, 3.63) is 74.4 Å². The molecule has 1 heterocycles. The normalized spacial score (nSPS) is 10.9. The second-order valence-electron chi connectivity index (χ2n) is 4.43. The molecule has 1 N–H and O–H groups in total. The molecule has 0 atom stereocenters. The van der Waals surface area contributed by atoms with Gasteiger partial charge in [-0.1, -0.05) is 30.3 Å². The number of aromatic nitrogens is 2. The highest BCUT2D eigenvalue weighted by Crippen LogP contribution is 2.24. The molecule has 3 nitrogen and oxygen atoms in total. The summed E-state index contributed by atoms with van der Waals surface area (Å²) >= 11 is 3.24. The Bertz CT molecular complexity index is 845. The van der Waals surface area contributed by atoms with Gasteiger partial charge in [-0.05, 0) is 33.6 Å². The fraction of sp³-hybridized carbons (Fsp3) is 0.0667. The smallest absolute Gasteiger partial charge is 0.267 e. The zero-order chi connectivity index (χ0) is 14.1. The van der Waals surface area contributed by atoms with Gasteiger partial charge in [0, 0.05) is 11.8 Å². The van der Waals surface area contributed by atoms with E-state index in [0.717, 1.165) is 10.9 Å². The predicted octanol–water partition coefficient (Wildman–Crippen LogP) is 3.42. The van der Waals surface area contributed by atoms with E-state index < -0.39 is 0 Å². The van der Waals surface area contributed by atoms with Gasteiger partial charge in [0.25, 0.3) is 5.56 Å². The van der Waals surface area contributed by atoms with Crippen LogP contribution in [0.4, 0.5) is 4.39 Å². The standard InChI is InChI=1S/C15H10BrFN2O/c16-14-9(4-3-7-12(14)17)8-13-10-5-1-2-6-11(10)15(20)19-18-13/h1-7H,8H2,(H,19,20). The Kier molecular flexibility index (Phi) is 3.36. The monoisotopic (exact) mass is 332 g/mol. The van der Waals surface area contributed by atoms with E-state index in [1.165, 1.54) is 6.07 Å². The highest BCUT2D eigenvalue weighted by atomic mass is 79.9. The van der Waals surface area contributed by atoms with Crippen molar-refractivity contribution in [2.45, 2.75) is 6.42 Å². The Labute approximate surface area is 122 Å². The summed E-state index contributed by atoms with van der Waals surface area (Å²) in [5.74, 6) is -0.309. The summed E-state index contributed by atoms with van der Waals surface area (Å²) in [6, 6.07) is 12.1. The minimum atomic E-state index is -0.309. The minimum absolute atomic E-state index is 0.220. The fourth-order valence-corrected chi connectivity index (χ4v) is 2.58. The molecule has 0 aliphatic rings. The fourth-order valence-electron chi connectivity index (χ4n) is 2.17. The Morgan fingerprint density at radius 1 is 1.10 bits per heavy atom. The summed E-state index contributed by atoms with van der Waals surface area (Å²) in [6.45, 7) is 0. The summed E-state index contributed by atoms with van der Waals surface area (Å²) in [5, 5.41) is 7.95. The van der Waals surface area contributed by atoms with Crippen LogP contribution in [-0.2, 0) is 6.42 Å². The Morgan fingerprint density at radius 3 is 2.65 bits per heavy atom. The van der Waals surface area contributed by atoms with E-state index in [9.17, 15) is 9.18 Å². The van der Waals surface area contributed by atoms with Gasteiger partial charge in [0.2, 0.25) is 0 Å². The molecule has 0 radical (unpaired) electrons. The van der Waals surface area contributed by atoms with Gasteiger partial charge in [-0.2, -0.15) is 5.10 Å². The van der Waals surface area contributed by atoms with Gasteiger partial charge < -0.3 is 0 Å². The average Bonchev–Trinajstić information content (AvgIpc) is 2.47. The van der Waals surface area contributed by atoms with Crippen molar-refractivity contribution < 1.29 is 4.39 Å². The molecule has 0 amide bonds. The quantitative estimate of drug-likeness (QED) is 0.781. The van der Waals surface area contributed by atoms with Crippen LogP contribution >= 0.6 is 15.9 Å². The van der Waals surface area contributed by atoms with E-state index in [-0.39, 0.29) is 11.4 Å². The van der Waals surface area contributed by atoms with Crippen LogP contribution in [-0.4, -0.2) is 10.2 Å². The van der Waals surface area contributed by atoms with E-state index in [1.54, 1.807) is 18.2 Å². The van der Waals surface area contributed by atoms with Crippen molar-refractivity contribution in [1.29, 1.82) is 0 Å². The Hall–Kier alpha value is -2.01. The van der Waals surface area contributed by atoms with Crippen molar-refractivity contribution in [2.75, 3.05) is 0 Å². The molecule has 1 aromatic heterocycles. The molecule has 0 spiro atoms. The van der Waals surface area contributed by atoms with Gasteiger partial charge in [0.1, 0.15) is 5.82 Å². The summed E-state index contributed by atoms with van der Waals surface area (Å²) < 4.78 is 14.0. The molecule has 5 heteroatoms. The number of hydrogen-bond acceptors (Lipinski definition) is 2. The number of fused-ring (bicyclic) bond motifs is 1. The molecule has 0 aliphatic heterocycles. The summed E-state index contributed by atoms with van der Waals surface area (Å²) in [7, 11) is 0. The zero-order valence-corrected chi connectivity index (χ0v) is 11.9. The minimum Gasteiger partial charge on any atom is -0.267 e. The number of halogens is 2. The first kappa shape index (κ1) is 13.0. The van der Waals surface area contributed by atoms with Crippen LogP contribution in [0, 0.1) is 5.82 Å². The molecule has 3 aromatic rings. The highest BCUT2D eigenvalue weighted by Gasteiger charge is 2.10. The highest BCUT2D eigenvalue weighted by molar-refractivity contribution is 9.10. The summed E-state index contributed by atoms with van der Waals surface area (Å²) in [6.07, 6.45) is 0.440. The molecule has 0 bridgehead atoms. The largest absolute Gasteiger partial charge is 0.272 e. The third kappa shape index (κ3) is 2.25. The maximum atomic E-state index is 13.5. The van der Waals surface area contributed by atoms with Gasteiger partial charge >= 0.3 is 0 Å². The van der Waals surface area contributed by atoms with Gasteiger partial charge in [0.05, 0.1) is 15.6 Å². The van der Waals surface area contributed by atoms with Crippen LogP contribution in [0.1, 0.15) is 11.3 Å². The molecule has 2 aromatic carbocycles. The lowest BCUT2D eigenvalue weighted by Gasteiger charge is -2.07. The average molecular weight is 333 g/mol. The molecule has 0 saturated heterocycles. The lowest BCUT2D eigenvalue weighted by molar-refractivity contribution is 0.618. The Morgan fingerprint density at radius 2 is 1.85 bits per heavy atom. The summed E-state index contributed by atoms with van der Waals surface area (Å²) in [4.78, 5) is 11.7. The molecule has 0 fully saturated rings. The topological polar surface area (TPSA) is 45.8 Å². The first-order valence-corrected chi connectivity index (χ1v) is 6.85. The third-order valence-electron chi connectivity index (χ3n) is 3.16.